The van der Waals surface area contributed by atoms with Gasteiger partial charge in [0.05, 0.1) is 6.61 Å². The molecule has 1 heteroatoms. The van der Waals surface area contributed by atoms with Crippen molar-refractivity contribution in [3.05, 3.63) is 46.9 Å². The Morgan fingerprint density at radius 3 is 2.67 bits per heavy atom. The highest BCUT2D eigenvalue weighted by Crippen LogP contribution is 1.86. The second-order valence-corrected chi connectivity index (χ2v) is 2.66. The number of rotatable bonds is 2. The molecule has 0 bridgehead atoms. The van der Waals surface area contributed by atoms with E-state index in [9.17, 15) is 0 Å². The second kappa shape index (κ2) is 3.88. The van der Waals surface area contributed by atoms with Gasteiger partial charge in [-0.1, -0.05) is 37.4 Å². The fourth-order valence-corrected chi connectivity index (χ4v) is 0.941. The summed E-state index contributed by atoms with van der Waals surface area (Å²) in [6.07, 6.45) is 1.84. The van der Waals surface area contributed by atoms with Gasteiger partial charge in [-0.15, -0.1) is 0 Å². The Morgan fingerprint density at radius 1 is 1.42 bits per heavy atom. The molecule has 0 fully saturated rings. The van der Waals surface area contributed by atoms with E-state index in [-0.39, 0.29) is 6.61 Å². The van der Waals surface area contributed by atoms with Crippen LogP contribution in [-0.4, -0.2) is 11.7 Å². The van der Waals surface area contributed by atoms with Crippen molar-refractivity contribution in [2.24, 2.45) is 0 Å². The number of benzene rings is 1. The molecule has 0 spiro atoms. The van der Waals surface area contributed by atoms with Crippen LogP contribution in [0.3, 0.4) is 0 Å². The Hall–Kier alpha value is -1.34. The lowest BCUT2D eigenvalue weighted by Gasteiger charge is -1.91. The van der Waals surface area contributed by atoms with E-state index in [4.69, 9.17) is 5.11 Å². The summed E-state index contributed by atoms with van der Waals surface area (Å²) < 4.78 is 0. The maximum Gasteiger partial charge on any atom is 0.0676 e. The Balaban J connectivity index is 3.19. The summed E-state index contributed by atoms with van der Waals surface area (Å²) in [5, 5.41) is 10.7. The highest BCUT2D eigenvalue weighted by atomic mass is 16.3. The summed E-state index contributed by atoms with van der Waals surface area (Å²) in [5.74, 6) is 0. The molecule has 0 heterocycles. The summed E-state index contributed by atoms with van der Waals surface area (Å²) in [7, 11) is 0. The smallest absolute Gasteiger partial charge is 0.0676 e. The maximum absolute atomic E-state index is 8.74. The molecule has 0 amide bonds. The van der Waals surface area contributed by atoms with Crippen LogP contribution in [0.2, 0.25) is 0 Å². The highest BCUT2D eigenvalue weighted by molar-refractivity contribution is 5.45. The number of hydrogen-bond acceptors (Lipinski definition) is 1. The van der Waals surface area contributed by atoms with Crippen molar-refractivity contribution in [3.8, 4) is 0 Å². The zero-order chi connectivity index (χ0) is 8.97. The standard InChI is InChI=1S/C11H12O/c1-9(8-12)7-11-6-4-3-5-10(11)2/h3-7,12H,1-2,8H2/b11-7-. The van der Waals surface area contributed by atoms with Crippen LogP contribution in [0.5, 0.6) is 0 Å². The van der Waals surface area contributed by atoms with Gasteiger partial charge in [-0.3, -0.25) is 0 Å². The van der Waals surface area contributed by atoms with Crippen molar-refractivity contribution in [2.45, 2.75) is 0 Å². The quantitative estimate of drug-likeness (QED) is 0.665. The first-order valence-electron chi connectivity index (χ1n) is 3.78. The van der Waals surface area contributed by atoms with Crippen LogP contribution in [0.4, 0.5) is 0 Å². The number of aliphatic hydroxyl groups excluding tert-OH is 1. The summed E-state index contributed by atoms with van der Waals surface area (Å²) in [6.45, 7) is 7.52. The van der Waals surface area contributed by atoms with Gasteiger partial charge in [0.2, 0.25) is 0 Å². The van der Waals surface area contributed by atoms with Crippen molar-refractivity contribution in [1.29, 1.82) is 0 Å². The fraction of sp³-hybridized carbons (Fsp3) is 0.0909. The van der Waals surface area contributed by atoms with Crippen molar-refractivity contribution in [1.82, 2.24) is 0 Å². The van der Waals surface area contributed by atoms with E-state index in [1.165, 1.54) is 0 Å². The molecule has 1 rings (SSSR count). The van der Waals surface area contributed by atoms with Gasteiger partial charge in [-0.05, 0) is 22.1 Å². The van der Waals surface area contributed by atoms with Crippen LogP contribution in [0.15, 0.2) is 36.4 Å². The molecule has 1 aromatic rings. The van der Waals surface area contributed by atoms with E-state index < -0.39 is 0 Å². The van der Waals surface area contributed by atoms with Gasteiger partial charge in [0.15, 0.2) is 0 Å². The molecule has 12 heavy (non-hydrogen) atoms. The average molecular weight is 160 g/mol. The first-order chi connectivity index (χ1) is 5.74. The van der Waals surface area contributed by atoms with Crippen LogP contribution >= 0.6 is 0 Å². The van der Waals surface area contributed by atoms with Crippen molar-refractivity contribution >= 4 is 12.7 Å². The molecule has 0 radical (unpaired) electrons. The molecule has 1 N–H and O–H groups in total. The summed E-state index contributed by atoms with van der Waals surface area (Å²) in [4.78, 5) is 0. The molecule has 0 saturated heterocycles. The number of aliphatic hydroxyl groups is 1. The highest BCUT2D eigenvalue weighted by Gasteiger charge is 1.84. The van der Waals surface area contributed by atoms with Gasteiger partial charge in [0, 0.05) is 0 Å². The molecule has 0 aliphatic rings. The van der Waals surface area contributed by atoms with E-state index in [1.807, 2.05) is 30.3 Å². The predicted octanol–water partition coefficient (Wildman–Crippen LogP) is 0.426. The molecular formula is C11H12O. The number of hydrogen-bond donors (Lipinski definition) is 1. The van der Waals surface area contributed by atoms with Gasteiger partial charge >= 0.3 is 0 Å². The fourth-order valence-electron chi connectivity index (χ4n) is 0.941. The normalized spacial score (nSPS) is 11.6. The third-order valence-corrected chi connectivity index (χ3v) is 1.62. The minimum absolute atomic E-state index is 0.00562. The Labute approximate surface area is 72.0 Å². The lowest BCUT2D eigenvalue weighted by Crippen LogP contribution is -2.22. The van der Waals surface area contributed by atoms with E-state index in [0.29, 0.717) is 5.57 Å². The maximum atomic E-state index is 8.74. The summed E-state index contributed by atoms with van der Waals surface area (Å²) in [6, 6.07) is 7.74. The van der Waals surface area contributed by atoms with E-state index in [2.05, 4.69) is 13.2 Å². The van der Waals surface area contributed by atoms with Gasteiger partial charge in [0.25, 0.3) is 0 Å². The van der Waals surface area contributed by atoms with Gasteiger partial charge < -0.3 is 5.11 Å². The van der Waals surface area contributed by atoms with E-state index in [1.54, 1.807) is 0 Å². The topological polar surface area (TPSA) is 20.2 Å². The third-order valence-electron chi connectivity index (χ3n) is 1.62. The molecule has 0 unspecified atom stereocenters. The lowest BCUT2D eigenvalue weighted by atomic mass is 10.2. The third kappa shape index (κ3) is 2.07. The Bertz CT molecular complexity index is 376. The monoisotopic (exact) mass is 160 g/mol. The van der Waals surface area contributed by atoms with Crippen molar-refractivity contribution < 1.29 is 5.11 Å². The molecule has 1 nitrogen and oxygen atoms in total. The van der Waals surface area contributed by atoms with Crippen LogP contribution in [0.1, 0.15) is 0 Å². The molecule has 0 aromatic heterocycles. The molecule has 0 aliphatic heterocycles. The molecular weight excluding hydrogens is 148 g/mol. The predicted molar refractivity (Wildman–Crippen MR) is 51.9 cm³/mol. The second-order valence-electron chi connectivity index (χ2n) is 2.66. The lowest BCUT2D eigenvalue weighted by molar-refractivity contribution is 0.337. The minimum Gasteiger partial charge on any atom is -0.392 e. The van der Waals surface area contributed by atoms with E-state index in [0.717, 1.165) is 10.4 Å². The first kappa shape index (κ1) is 8.75. The average Bonchev–Trinajstić information content (AvgIpc) is 2.09. The SMILES string of the molecule is C=C(/C=c1/ccccc1=C)CO. The zero-order valence-corrected chi connectivity index (χ0v) is 6.96. The largest absolute Gasteiger partial charge is 0.392 e. The van der Waals surface area contributed by atoms with Crippen LogP contribution in [-0.2, 0) is 0 Å². The first-order valence-corrected chi connectivity index (χ1v) is 3.78. The van der Waals surface area contributed by atoms with Crippen LogP contribution in [0, 0.1) is 0 Å². The molecule has 0 atom stereocenters. The minimum atomic E-state index is -0.00562. The summed E-state index contributed by atoms with van der Waals surface area (Å²) >= 11 is 0. The molecule has 0 aliphatic carbocycles. The van der Waals surface area contributed by atoms with Crippen molar-refractivity contribution in [2.75, 3.05) is 6.61 Å². The van der Waals surface area contributed by atoms with Gasteiger partial charge in [-0.2, -0.15) is 0 Å². The zero-order valence-electron chi connectivity index (χ0n) is 6.96. The van der Waals surface area contributed by atoms with Crippen LogP contribution < -0.4 is 10.4 Å². The van der Waals surface area contributed by atoms with E-state index >= 15 is 0 Å². The van der Waals surface area contributed by atoms with Gasteiger partial charge in [0.1, 0.15) is 0 Å². The van der Waals surface area contributed by atoms with Gasteiger partial charge in [-0.25, -0.2) is 0 Å². The summed E-state index contributed by atoms with van der Waals surface area (Å²) in [5.41, 5.74) is 0.700. The molecule has 1 aromatic carbocycles. The Kier molecular flexibility index (Phi) is 2.83. The van der Waals surface area contributed by atoms with Crippen LogP contribution in [0.25, 0.3) is 12.7 Å². The molecule has 62 valence electrons. The van der Waals surface area contributed by atoms with Crippen molar-refractivity contribution in [3.63, 3.8) is 0 Å². The molecule has 0 saturated carbocycles. The Morgan fingerprint density at radius 2 is 2.08 bits per heavy atom.